The van der Waals surface area contributed by atoms with Gasteiger partial charge in [0.1, 0.15) is 6.04 Å². The molecule has 1 atom stereocenters. The molecule has 3 aromatic rings. The SMILES string of the molecule is COc1cc(-c2noc([C@H](NC(=O)c3ccco3)C(C)C)n2)cc(OC)c1OC. The van der Waals surface area contributed by atoms with Crippen molar-refractivity contribution < 1.29 is 27.9 Å². The molecule has 1 aromatic carbocycles. The van der Waals surface area contributed by atoms with Gasteiger partial charge in [-0.15, -0.1) is 0 Å². The molecule has 0 unspecified atom stereocenters. The van der Waals surface area contributed by atoms with E-state index in [1.807, 2.05) is 13.8 Å². The molecular formula is C20H23N3O6. The minimum absolute atomic E-state index is 0.00199. The minimum atomic E-state index is -0.490. The van der Waals surface area contributed by atoms with E-state index in [0.717, 1.165) is 0 Å². The summed E-state index contributed by atoms with van der Waals surface area (Å²) < 4.78 is 26.7. The fraction of sp³-hybridized carbons (Fsp3) is 0.350. The summed E-state index contributed by atoms with van der Waals surface area (Å²) in [6, 6.07) is 6.19. The standard InChI is InChI=1S/C20H23N3O6/c1-11(2)16(21-19(24)13-7-6-8-28-13)20-22-18(23-29-20)12-9-14(25-3)17(27-5)15(10-12)26-4/h6-11,16H,1-5H3,(H,21,24)/t16-/m1/s1. The number of nitrogens with zero attached hydrogens (tertiary/aromatic N) is 2. The van der Waals surface area contributed by atoms with Gasteiger partial charge >= 0.3 is 0 Å². The molecular weight excluding hydrogens is 378 g/mol. The lowest BCUT2D eigenvalue weighted by molar-refractivity contribution is 0.0885. The highest BCUT2D eigenvalue weighted by atomic mass is 16.5. The van der Waals surface area contributed by atoms with E-state index in [1.54, 1.807) is 24.3 Å². The Balaban J connectivity index is 1.91. The van der Waals surface area contributed by atoms with Gasteiger partial charge in [0.2, 0.25) is 17.5 Å². The lowest BCUT2D eigenvalue weighted by atomic mass is 10.0. The van der Waals surface area contributed by atoms with Gasteiger partial charge < -0.3 is 28.5 Å². The quantitative estimate of drug-likeness (QED) is 0.611. The number of furan rings is 1. The second-order valence-corrected chi connectivity index (χ2v) is 6.54. The third-order valence-corrected chi connectivity index (χ3v) is 4.33. The van der Waals surface area contributed by atoms with Crippen LogP contribution in [0.15, 0.2) is 39.5 Å². The third kappa shape index (κ3) is 4.18. The first-order chi connectivity index (χ1) is 14.0. The predicted molar refractivity (Wildman–Crippen MR) is 103 cm³/mol. The van der Waals surface area contributed by atoms with Gasteiger partial charge in [0.05, 0.1) is 27.6 Å². The number of amides is 1. The molecule has 1 amide bonds. The van der Waals surface area contributed by atoms with Gasteiger partial charge in [0.25, 0.3) is 5.91 Å². The number of hydrogen-bond acceptors (Lipinski definition) is 8. The molecule has 0 bridgehead atoms. The Morgan fingerprint density at radius 2 is 1.79 bits per heavy atom. The molecule has 0 aliphatic carbocycles. The molecule has 3 rings (SSSR count). The minimum Gasteiger partial charge on any atom is -0.493 e. The highest BCUT2D eigenvalue weighted by Crippen LogP contribution is 2.40. The van der Waals surface area contributed by atoms with Gasteiger partial charge in [-0.05, 0) is 30.2 Å². The van der Waals surface area contributed by atoms with Gasteiger partial charge in [-0.1, -0.05) is 19.0 Å². The Labute approximate surface area is 167 Å². The van der Waals surface area contributed by atoms with Crippen LogP contribution < -0.4 is 19.5 Å². The number of ether oxygens (including phenoxy) is 3. The predicted octanol–water partition coefficient (Wildman–Crippen LogP) is 3.48. The van der Waals surface area contributed by atoms with Crippen LogP contribution in [0.2, 0.25) is 0 Å². The van der Waals surface area contributed by atoms with E-state index in [-0.39, 0.29) is 23.5 Å². The summed E-state index contributed by atoms with van der Waals surface area (Å²) in [5.41, 5.74) is 0.620. The maximum atomic E-state index is 12.4. The smallest absolute Gasteiger partial charge is 0.287 e. The van der Waals surface area contributed by atoms with E-state index >= 15 is 0 Å². The lowest BCUT2D eigenvalue weighted by Gasteiger charge is -2.17. The number of carbonyl (C=O) groups is 1. The van der Waals surface area contributed by atoms with E-state index in [9.17, 15) is 4.79 Å². The molecule has 9 nitrogen and oxygen atoms in total. The Morgan fingerprint density at radius 3 is 2.31 bits per heavy atom. The summed E-state index contributed by atoms with van der Waals surface area (Å²) in [5, 5.41) is 6.92. The Hall–Kier alpha value is -3.49. The molecule has 1 N–H and O–H groups in total. The van der Waals surface area contributed by atoms with Crippen molar-refractivity contribution in [3.8, 4) is 28.6 Å². The summed E-state index contributed by atoms with van der Waals surface area (Å²) in [6.07, 6.45) is 1.44. The Morgan fingerprint density at radius 1 is 1.10 bits per heavy atom. The number of aromatic nitrogens is 2. The summed E-state index contributed by atoms with van der Waals surface area (Å²) in [7, 11) is 4.59. The molecule has 9 heteroatoms. The van der Waals surface area contributed by atoms with Crippen LogP contribution in [-0.2, 0) is 0 Å². The fourth-order valence-electron chi connectivity index (χ4n) is 2.82. The molecule has 29 heavy (non-hydrogen) atoms. The number of methoxy groups -OCH3 is 3. The van der Waals surface area contributed by atoms with E-state index in [1.165, 1.54) is 27.6 Å². The topological polar surface area (TPSA) is 109 Å². The average Bonchev–Trinajstić information content (AvgIpc) is 3.42. The highest BCUT2D eigenvalue weighted by Gasteiger charge is 2.27. The zero-order chi connectivity index (χ0) is 21.0. The van der Waals surface area contributed by atoms with Crippen LogP contribution in [-0.4, -0.2) is 37.4 Å². The highest BCUT2D eigenvalue weighted by molar-refractivity contribution is 5.91. The molecule has 0 aliphatic rings. The van der Waals surface area contributed by atoms with Crippen molar-refractivity contribution in [3.05, 3.63) is 42.2 Å². The number of carbonyl (C=O) groups excluding carboxylic acids is 1. The monoisotopic (exact) mass is 401 g/mol. The molecule has 0 aliphatic heterocycles. The third-order valence-electron chi connectivity index (χ3n) is 4.33. The van der Waals surface area contributed by atoms with Crippen molar-refractivity contribution >= 4 is 5.91 Å². The van der Waals surface area contributed by atoms with Crippen LogP contribution in [0.1, 0.15) is 36.3 Å². The maximum Gasteiger partial charge on any atom is 0.287 e. The van der Waals surface area contributed by atoms with Gasteiger partial charge in [0, 0.05) is 5.56 Å². The normalized spacial score (nSPS) is 11.9. The van der Waals surface area contributed by atoms with Crippen LogP contribution in [0.5, 0.6) is 17.2 Å². The maximum absolute atomic E-state index is 12.4. The summed E-state index contributed by atoms with van der Waals surface area (Å²) in [6.45, 7) is 3.88. The number of rotatable bonds is 8. The second kappa shape index (κ2) is 8.68. The van der Waals surface area contributed by atoms with Crippen molar-refractivity contribution in [3.63, 3.8) is 0 Å². The fourth-order valence-corrected chi connectivity index (χ4v) is 2.82. The van der Waals surface area contributed by atoms with Gasteiger partial charge in [0.15, 0.2) is 17.3 Å². The first-order valence-electron chi connectivity index (χ1n) is 8.96. The molecule has 154 valence electrons. The van der Waals surface area contributed by atoms with Crippen molar-refractivity contribution in [2.45, 2.75) is 19.9 Å². The van der Waals surface area contributed by atoms with Crippen LogP contribution in [0, 0.1) is 5.92 Å². The van der Waals surface area contributed by atoms with E-state index in [0.29, 0.717) is 28.6 Å². The van der Waals surface area contributed by atoms with Crippen molar-refractivity contribution in [2.24, 2.45) is 5.92 Å². The van der Waals surface area contributed by atoms with Crippen LogP contribution in [0.3, 0.4) is 0 Å². The molecule has 0 radical (unpaired) electrons. The zero-order valence-electron chi connectivity index (χ0n) is 16.9. The van der Waals surface area contributed by atoms with Gasteiger partial charge in [-0.25, -0.2) is 0 Å². The van der Waals surface area contributed by atoms with E-state index in [4.69, 9.17) is 23.2 Å². The van der Waals surface area contributed by atoms with Crippen LogP contribution in [0.4, 0.5) is 0 Å². The molecule has 2 heterocycles. The first kappa shape index (κ1) is 20.2. The molecule has 0 saturated heterocycles. The summed E-state index contributed by atoms with van der Waals surface area (Å²) in [5.74, 6) is 1.87. The first-order valence-corrected chi connectivity index (χ1v) is 8.96. The Bertz CT molecular complexity index is 940. The zero-order valence-corrected chi connectivity index (χ0v) is 16.9. The van der Waals surface area contributed by atoms with E-state index < -0.39 is 6.04 Å². The van der Waals surface area contributed by atoms with Crippen LogP contribution in [0.25, 0.3) is 11.4 Å². The largest absolute Gasteiger partial charge is 0.493 e. The Kier molecular flexibility index (Phi) is 6.06. The second-order valence-electron chi connectivity index (χ2n) is 6.54. The molecule has 0 fully saturated rings. The van der Waals surface area contributed by atoms with Gasteiger partial charge in [-0.3, -0.25) is 4.79 Å². The van der Waals surface area contributed by atoms with Crippen molar-refractivity contribution in [1.29, 1.82) is 0 Å². The van der Waals surface area contributed by atoms with Crippen LogP contribution >= 0.6 is 0 Å². The lowest BCUT2D eigenvalue weighted by Crippen LogP contribution is -2.31. The molecule has 0 saturated carbocycles. The number of nitrogens with one attached hydrogen (secondary N) is 1. The van der Waals surface area contributed by atoms with Crippen molar-refractivity contribution in [2.75, 3.05) is 21.3 Å². The number of hydrogen-bond donors (Lipinski definition) is 1. The van der Waals surface area contributed by atoms with Gasteiger partial charge in [-0.2, -0.15) is 4.98 Å². The molecule has 2 aromatic heterocycles. The average molecular weight is 401 g/mol. The van der Waals surface area contributed by atoms with E-state index in [2.05, 4.69) is 15.5 Å². The summed E-state index contributed by atoms with van der Waals surface area (Å²) >= 11 is 0. The molecule has 0 spiro atoms. The summed E-state index contributed by atoms with van der Waals surface area (Å²) in [4.78, 5) is 16.8. The number of benzene rings is 1. The van der Waals surface area contributed by atoms with Crippen molar-refractivity contribution in [1.82, 2.24) is 15.5 Å².